The van der Waals surface area contributed by atoms with Crippen LogP contribution >= 0.6 is 27.5 Å². The molecule has 1 aromatic carbocycles. The molecule has 3 rings (SSSR count). The zero-order chi connectivity index (χ0) is 14.8. The topological polar surface area (TPSA) is 72.0 Å². The zero-order valence-corrected chi connectivity index (χ0v) is 13.6. The number of hydrogen-bond acceptors (Lipinski definition) is 6. The summed E-state index contributed by atoms with van der Waals surface area (Å²) in [6, 6.07) is 4.11. The van der Waals surface area contributed by atoms with Gasteiger partial charge in [-0.15, -0.1) is 0 Å². The van der Waals surface area contributed by atoms with Gasteiger partial charge in [-0.25, -0.2) is 0 Å². The van der Waals surface area contributed by atoms with Crippen LogP contribution in [0.15, 0.2) is 16.6 Å². The van der Waals surface area contributed by atoms with Crippen molar-refractivity contribution in [1.82, 2.24) is 15.0 Å². The van der Waals surface area contributed by atoms with E-state index >= 15 is 0 Å². The molecule has 1 aliphatic heterocycles. The second-order valence-electron chi connectivity index (χ2n) is 4.51. The van der Waals surface area contributed by atoms with Gasteiger partial charge < -0.3 is 15.4 Å². The van der Waals surface area contributed by atoms with Crippen LogP contribution in [0.2, 0.25) is 5.28 Å². The maximum absolute atomic E-state index is 5.86. The number of hydrogen-bond donors (Lipinski definition) is 2. The molecule has 0 radical (unpaired) electrons. The van der Waals surface area contributed by atoms with Crippen LogP contribution in [0.25, 0.3) is 0 Å². The van der Waals surface area contributed by atoms with Crippen LogP contribution in [0.5, 0.6) is 5.75 Å². The maximum atomic E-state index is 5.86. The Hall–Kier alpha value is -1.60. The zero-order valence-electron chi connectivity index (χ0n) is 11.3. The highest BCUT2D eigenvalue weighted by Gasteiger charge is 2.17. The summed E-state index contributed by atoms with van der Waals surface area (Å²) in [5, 5.41) is 6.13. The molecule has 0 bridgehead atoms. The van der Waals surface area contributed by atoms with Crippen LogP contribution in [0.1, 0.15) is 11.1 Å². The monoisotopic (exact) mass is 369 g/mol. The third kappa shape index (κ3) is 3.19. The molecule has 0 fully saturated rings. The van der Waals surface area contributed by atoms with Crippen molar-refractivity contribution in [1.29, 1.82) is 0 Å². The molecule has 8 heteroatoms. The summed E-state index contributed by atoms with van der Waals surface area (Å²) in [6.45, 7) is 1.27. The van der Waals surface area contributed by atoms with Crippen LogP contribution < -0.4 is 15.4 Å². The predicted octanol–water partition coefficient (Wildman–Crippen LogP) is 2.88. The summed E-state index contributed by atoms with van der Waals surface area (Å²) >= 11 is 9.38. The molecule has 0 amide bonds. The molecule has 0 aliphatic carbocycles. The Kier molecular flexibility index (Phi) is 4.12. The normalized spacial score (nSPS) is 12.7. The minimum Gasteiger partial charge on any atom is -0.493 e. The van der Waals surface area contributed by atoms with Gasteiger partial charge in [0.2, 0.25) is 17.2 Å². The van der Waals surface area contributed by atoms with E-state index in [1.807, 2.05) is 6.07 Å². The van der Waals surface area contributed by atoms with Crippen LogP contribution in [0, 0.1) is 0 Å². The number of nitrogens with one attached hydrogen (secondary N) is 2. The van der Waals surface area contributed by atoms with Crippen molar-refractivity contribution in [2.75, 3.05) is 24.3 Å². The summed E-state index contributed by atoms with van der Waals surface area (Å²) < 4.78 is 6.72. The second kappa shape index (κ2) is 6.03. The van der Waals surface area contributed by atoms with Crippen molar-refractivity contribution >= 4 is 39.4 Å². The molecule has 2 heterocycles. The molecule has 0 spiro atoms. The lowest BCUT2D eigenvalue weighted by Crippen LogP contribution is -2.08. The average Bonchev–Trinajstić information content (AvgIpc) is 2.92. The van der Waals surface area contributed by atoms with Crippen LogP contribution in [-0.4, -0.2) is 28.6 Å². The third-order valence-electron chi connectivity index (χ3n) is 3.09. The highest BCUT2D eigenvalue weighted by molar-refractivity contribution is 9.10. The lowest BCUT2D eigenvalue weighted by molar-refractivity contribution is 0.354. The summed E-state index contributed by atoms with van der Waals surface area (Å²) in [5.41, 5.74) is 2.27. The molecule has 21 heavy (non-hydrogen) atoms. The van der Waals surface area contributed by atoms with E-state index in [1.165, 1.54) is 5.56 Å². The van der Waals surface area contributed by atoms with Gasteiger partial charge >= 0.3 is 0 Å². The Morgan fingerprint density at radius 1 is 1.29 bits per heavy atom. The van der Waals surface area contributed by atoms with E-state index in [1.54, 1.807) is 7.05 Å². The summed E-state index contributed by atoms with van der Waals surface area (Å²) in [6.07, 6.45) is 0.934. The Bertz CT molecular complexity index is 682. The molecule has 1 aliphatic rings. The minimum absolute atomic E-state index is 0.146. The molecule has 0 unspecified atom stereocenters. The predicted molar refractivity (Wildman–Crippen MR) is 85.1 cm³/mol. The molecule has 0 atom stereocenters. The van der Waals surface area contributed by atoms with E-state index < -0.39 is 0 Å². The van der Waals surface area contributed by atoms with Crippen molar-refractivity contribution < 1.29 is 4.74 Å². The van der Waals surface area contributed by atoms with E-state index in [2.05, 4.69) is 47.6 Å². The second-order valence-corrected chi connectivity index (χ2v) is 5.76. The first-order valence-corrected chi connectivity index (χ1v) is 7.60. The number of rotatable bonds is 4. The standard InChI is InChI=1S/C13H13BrClN5O/c1-16-12-18-11(15)19-13(20-12)17-6-8-5-9(14)4-7-2-3-21-10(7)8/h4-5H,2-3,6H2,1H3,(H2,16,17,18,19,20). The first-order valence-electron chi connectivity index (χ1n) is 6.43. The Morgan fingerprint density at radius 2 is 2.10 bits per heavy atom. The number of anilines is 2. The van der Waals surface area contributed by atoms with Crippen molar-refractivity contribution in [2.24, 2.45) is 0 Å². The van der Waals surface area contributed by atoms with Gasteiger partial charge in [0, 0.05) is 30.0 Å². The van der Waals surface area contributed by atoms with Crippen molar-refractivity contribution in [3.63, 3.8) is 0 Å². The maximum Gasteiger partial charge on any atom is 0.229 e. The average molecular weight is 371 g/mol. The highest BCUT2D eigenvalue weighted by Crippen LogP contribution is 2.33. The quantitative estimate of drug-likeness (QED) is 0.862. The Balaban J connectivity index is 1.81. The van der Waals surface area contributed by atoms with E-state index in [0.29, 0.717) is 18.4 Å². The molecule has 0 saturated heterocycles. The van der Waals surface area contributed by atoms with Crippen molar-refractivity contribution in [3.05, 3.63) is 33.0 Å². The largest absolute Gasteiger partial charge is 0.493 e. The summed E-state index contributed by atoms with van der Waals surface area (Å²) in [5.74, 6) is 1.79. The fourth-order valence-electron chi connectivity index (χ4n) is 2.19. The molecular formula is C13H13BrClN5O. The van der Waals surface area contributed by atoms with Gasteiger partial charge in [0.15, 0.2) is 0 Å². The van der Waals surface area contributed by atoms with Crippen LogP contribution in [0.4, 0.5) is 11.9 Å². The van der Waals surface area contributed by atoms with E-state index in [0.717, 1.165) is 28.8 Å². The minimum atomic E-state index is 0.146. The smallest absolute Gasteiger partial charge is 0.229 e. The number of fused-ring (bicyclic) bond motifs is 1. The van der Waals surface area contributed by atoms with Gasteiger partial charge in [0.25, 0.3) is 0 Å². The number of aromatic nitrogens is 3. The van der Waals surface area contributed by atoms with Gasteiger partial charge in [-0.1, -0.05) is 15.9 Å². The first-order chi connectivity index (χ1) is 10.2. The highest BCUT2D eigenvalue weighted by atomic mass is 79.9. The van der Waals surface area contributed by atoms with E-state index in [-0.39, 0.29) is 5.28 Å². The van der Waals surface area contributed by atoms with Crippen molar-refractivity contribution in [2.45, 2.75) is 13.0 Å². The molecule has 2 aromatic rings. The molecule has 1 aromatic heterocycles. The summed E-state index contributed by atoms with van der Waals surface area (Å²) in [4.78, 5) is 12.2. The number of nitrogens with zero attached hydrogens (tertiary/aromatic N) is 3. The number of halogens is 2. The van der Waals surface area contributed by atoms with Crippen molar-refractivity contribution in [3.8, 4) is 5.75 Å². The SMILES string of the molecule is CNc1nc(Cl)nc(NCc2cc(Br)cc3c2OCC3)n1. The lowest BCUT2D eigenvalue weighted by atomic mass is 10.1. The first kappa shape index (κ1) is 14.3. The molecule has 6 nitrogen and oxygen atoms in total. The third-order valence-corrected chi connectivity index (χ3v) is 3.72. The summed E-state index contributed by atoms with van der Waals surface area (Å²) in [7, 11) is 1.73. The van der Waals surface area contributed by atoms with Gasteiger partial charge in [-0.3, -0.25) is 0 Å². The lowest BCUT2D eigenvalue weighted by Gasteiger charge is -2.11. The van der Waals surface area contributed by atoms with E-state index in [9.17, 15) is 0 Å². The van der Waals surface area contributed by atoms with Gasteiger partial charge in [-0.2, -0.15) is 15.0 Å². The van der Waals surface area contributed by atoms with Gasteiger partial charge in [-0.05, 0) is 29.3 Å². The van der Waals surface area contributed by atoms with Gasteiger partial charge in [0.05, 0.1) is 6.61 Å². The Labute approximate surface area is 135 Å². The van der Waals surface area contributed by atoms with Crippen LogP contribution in [0.3, 0.4) is 0 Å². The van der Waals surface area contributed by atoms with Crippen LogP contribution in [-0.2, 0) is 13.0 Å². The molecule has 2 N–H and O–H groups in total. The van der Waals surface area contributed by atoms with E-state index in [4.69, 9.17) is 16.3 Å². The Morgan fingerprint density at radius 3 is 2.90 bits per heavy atom. The number of ether oxygens (including phenoxy) is 1. The fourth-order valence-corrected chi connectivity index (χ4v) is 2.91. The molecular weight excluding hydrogens is 358 g/mol. The number of benzene rings is 1. The molecule has 110 valence electrons. The molecule has 0 saturated carbocycles. The fraction of sp³-hybridized carbons (Fsp3) is 0.308. The van der Waals surface area contributed by atoms with Gasteiger partial charge in [0.1, 0.15) is 5.75 Å².